The van der Waals surface area contributed by atoms with Crippen molar-refractivity contribution < 1.29 is 9.53 Å². The molecule has 108 valence electrons. The van der Waals surface area contributed by atoms with Crippen LogP contribution in [0, 0.1) is 0 Å². The predicted molar refractivity (Wildman–Crippen MR) is 84.2 cm³/mol. The lowest BCUT2D eigenvalue weighted by Crippen LogP contribution is -2.17. The molecule has 0 fully saturated rings. The van der Waals surface area contributed by atoms with E-state index in [1.807, 2.05) is 42.5 Å². The number of para-hydroxylation sites is 1. The SMILES string of the molecule is CC(C)(C)c1ccccc1C(=O)c1cccc2c1OCC2. The van der Waals surface area contributed by atoms with Crippen LogP contribution in [0.3, 0.4) is 0 Å². The molecule has 0 amide bonds. The number of benzene rings is 2. The van der Waals surface area contributed by atoms with Crippen molar-refractivity contribution in [2.75, 3.05) is 6.61 Å². The van der Waals surface area contributed by atoms with E-state index < -0.39 is 0 Å². The maximum absolute atomic E-state index is 13.0. The first-order valence-electron chi connectivity index (χ1n) is 7.37. The van der Waals surface area contributed by atoms with Crippen molar-refractivity contribution in [1.29, 1.82) is 0 Å². The van der Waals surface area contributed by atoms with Gasteiger partial charge in [-0.1, -0.05) is 57.2 Å². The van der Waals surface area contributed by atoms with Gasteiger partial charge in [0.05, 0.1) is 12.2 Å². The Hall–Kier alpha value is -2.09. The van der Waals surface area contributed by atoms with E-state index in [9.17, 15) is 4.79 Å². The Morgan fingerprint density at radius 2 is 1.71 bits per heavy atom. The van der Waals surface area contributed by atoms with Crippen LogP contribution in [0.15, 0.2) is 42.5 Å². The first kappa shape index (κ1) is 13.9. The third-order valence-electron chi connectivity index (χ3n) is 3.94. The van der Waals surface area contributed by atoms with Crippen molar-refractivity contribution in [1.82, 2.24) is 0 Å². The molecule has 0 aliphatic carbocycles. The van der Waals surface area contributed by atoms with Crippen LogP contribution in [0.2, 0.25) is 0 Å². The molecule has 21 heavy (non-hydrogen) atoms. The fraction of sp³-hybridized carbons (Fsp3) is 0.316. The summed E-state index contributed by atoms with van der Waals surface area (Å²) in [7, 11) is 0. The van der Waals surface area contributed by atoms with E-state index in [4.69, 9.17) is 4.74 Å². The van der Waals surface area contributed by atoms with Gasteiger partial charge < -0.3 is 4.74 Å². The molecule has 0 aromatic heterocycles. The largest absolute Gasteiger partial charge is 0.492 e. The zero-order valence-corrected chi connectivity index (χ0v) is 12.8. The predicted octanol–water partition coefficient (Wildman–Crippen LogP) is 4.15. The molecule has 2 heteroatoms. The van der Waals surface area contributed by atoms with Crippen LogP contribution < -0.4 is 4.74 Å². The van der Waals surface area contributed by atoms with Gasteiger partial charge in [0, 0.05) is 12.0 Å². The molecule has 2 aromatic rings. The maximum atomic E-state index is 13.0. The van der Waals surface area contributed by atoms with Crippen LogP contribution in [-0.4, -0.2) is 12.4 Å². The number of ether oxygens (including phenoxy) is 1. The summed E-state index contributed by atoms with van der Waals surface area (Å²) in [6.07, 6.45) is 0.886. The zero-order valence-electron chi connectivity index (χ0n) is 12.8. The van der Waals surface area contributed by atoms with Crippen molar-refractivity contribution in [2.24, 2.45) is 0 Å². The molecule has 0 spiro atoms. The number of rotatable bonds is 2. The maximum Gasteiger partial charge on any atom is 0.197 e. The fourth-order valence-electron chi connectivity index (χ4n) is 2.87. The molecule has 0 saturated heterocycles. The fourth-order valence-corrected chi connectivity index (χ4v) is 2.87. The summed E-state index contributed by atoms with van der Waals surface area (Å²) >= 11 is 0. The van der Waals surface area contributed by atoms with E-state index in [2.05, 4.69) is 20.8 Å². The molecule has 1 aliphatic rings. The van der Waals surface area contributed by atoms with Gasteiger partial charge in [0.1, 0.15) is 5.75 Å². The summed E-state index contributed by atoms with van der Waals surface area (Å²) in [5, 5.41) is 0. The molecular weight excluding hydrogens is 260 g/mol. The first-order chi connectivity index (χ1) is 9.98. The van der Waals surface area contributed by atoms with Crippen LogP contribution in [0.1, 0.15) is 47.8 Å². The van der Waals surface area contributed by atoms with E-state index in [1.165, 1.54) is 0 Å². The third kappa shape index (κ3) is 2.46. The Bertz CT molecular complexity index is 693. The summed E-state index contributed by atoms with van der Waals surface area (Å²) in [5.41, 5.74) is 3.60. The van der Waals surface area contributed by atoms with Crippen LogP contribution in [0.4, 0.5) is 0 Å². The van der Waals surface area contributed by atoms with Crippen molar-refractivity contribution in [3.63, 3.8) is 0 Å². The first-order valence-corrected chi connectivity index (χ1v) is 7.37. The van der Waals surface area contributed by atoms with Gasteiger partial charge in [-0.05, 0) is 22.6 Å². The summed E-state index contributed by atoms with van der Waals surface area (Å²) in [6.45, 7) is 7.06. The second-order valence-electron chi connectivity index (χ2n) is 6.52. The van der Waals surface area contributed by atoms with Gasteiger partial charge in [0.2, 0.25) is 0 Å². The smallest absolute Gasteiger partial charge is 0.197 e. The lowest BCUT2D eigenvalue weighted by Gasteiger charge is -2.22. The molecule has 1 heterocycles. The molecule has 0 saturated carbocycles. The molecule has 3 rings (SSSR count). The minimum Gasteiger partial charge on any atom is -0.492 e. The number of hydrogen-bond acceptors (Lipinski definition) is 2. The summed E-state index contributed by atoms with van der Waals surface area (Å²) < 4.78 is 5.68. The van der Waals surface area contributed by atoms with Crippen LogP contribution in [0.25, 0.3) is 0 Å². The van der Waals surface area contributed by atoms with Gasteiger partial charge in [-0.25, -0.2) is 0 Å². The Morgan fingerprint density at radius 3 is 2.48 bits per heavy atom. The van der Waals surface area contributed by atoms with Gasteiger partial charge in [-0.2, -0.15) is 0 Å². The highest BCUT2D eigenvalue weighted by Gasteiger charge is 2.26. The molecule has 2 aromatic carbocycles. The summed E-state index contributed by atoms with van der Waals surface area (Å²) in [6, 6.07) is 13.7. The van der Waals surface area contributed by atoms with E-state index in [0.717, 1.165) is 28.9 Å². The quantitative estimate of drug-likeness (QED) is 0.772. The standard InChI is InChI=1S/C19H20O2/c1-19(2,3)16-10-5-4-8-14(16)17(20)15-9-6-7-13-11-12-21-18(13)15/h4-10H,11-12H2,1-3H3. The molecule has 0 radical (unpaired) electrons. The third-order valence-corrected chi connectivity index (χ3v) is 3.94. The van der Waals surface area contributed by atoms with E-state index in [1.54, 1.807) is 0 Å². The van der Waals surface area contributed by atoms with Gasteiger partial charge in [0.25, 0.3) is 0 Å². The Labute approximate surface area is 125 Å². The molecule has 2 nitrogen and oxygen atoms in total. The Kier molecular flexibility index (Phi) is 3.32. The van der Waals surface area contributed by atoms with Gasteiger partial charge in [-0.3, -0.25) is 4.79 Å². The average molecular weight is 280 g/mol. The van der Waals surface area contributed by atoms with Crippen LogP contribution >= 0.6 is 0 Å². The van der Waals surface area contributed by atoms with Gasteiger partial charge >= 0.3 is 0 Å². The minimum absolute atomic E-state index is 0.0549. The zero-order chi connectivity index (χ0) is 15.0. The second kappa shape index (κ2) is 5.03. The highest BCUT2D eigenvalue weighted by molar-refractivity contribution is 6.12. The van der Waals surface area contributed by atoms with Crippen molar-refractivity contribution >= 4 is 5.78 Å². The molecule has 0 atom stereocenters. The van der Waals surface area contributed by atoms with Crippen molar-refractivity contribution in [2.45, 2.75) is 32.6 Å². The summed E-state index contributed by atoms with van der Waals surface area (Å²) in [4.78, 5) is 13.0. The second-order valence-corrected chi connectivity index (χ2v) is 6.52. The lowest BCUT2D eigenvalue weighted by atomic mass is 9.81. The monoisotopic (exact) mass is 280 g/mol. The number of carbonyl (C=O) groups excluding carboxylic acids is 1. The van der Waals surface area contributed by atoms with E-state index >= 15 is 0 Å². The number of hydrogen-bond donors (Lipinski definition) is 0. The van der Waals surface area contributed by atoms with E-state index in [-0.39, 0.29) is 11.2 Å². The van der Waals surface area contributed by atoms with Crippen molar-refractivity contribution in [3.05, 3.63) is 64.7 Å². The van der Waals surface area contributed by atoms with Gasteiger partial charge in [0.15, 0.2) is 5.78 Å². The lowest BCUT2D eigenvalue weighted by molar-refractivity contribution is 0.103. The summed E-state index contributed by atoms with van der Waals surface area (Å²) in [5.74, 6) is 0.825. The number of ketones is 1. The topological polar surface area (TPSA) is 26.3 Å². The molecular formula is C19H20O2. The number of carbonyl (C=O) groups is 1. The molecule has 0 N–H and O–H groups in total. The Morgan fingerprint density at radius 1 is 1.00 bits per heavy atom. The average Bonchev–Trinajstić information content (AvgIpc) is 2.94. The molecule has 1 aliphatic heterocycles. The van der Waals surface area contributed by atoms with E-state index in [0.29, 0.717) is 12.2 Å². The molecule has 0 bridgehead atoms. The number of fused-ring (bicyclic) bond motifs is 1. The van der Waals surface area contributed by atoms with Crippen molar-refractivity contribution in [3.8, 4) is 5.75 Å². The minimum atomic E-state index is -0.0644. The van der Waals surface area contributed by atoms with Crippen LogP contribution in [-0.2, 0) is 11.8 Å². The highest BCUT2D eigenvalue weighted by Crippen LogP contribution is 2.33. The normalized spacial score (nSPS) is 13.7. The Balaban J connectivity index is 2.11. The van der Waals surface area contributed by atoms with Gasteiger partial charge in [-0.15, -0.1) is 0 Å². The molecule has 0 unspecified atom stereocenters. The van der Waals surface area contributed by atoms with Crippen LogP contribution in [0.5, 0.6) is 5.75 Å². The highest BCUT2D eigenvalue weighted by atomic mass is 16.5.